The molecule has 1 aromatic rings. The van der Waals surface area contributed by atoms with Gasteiger partial charge in [0.25, 0.3) is 0 Å². The number of aryl methyl sites for hydroxylation is 1. The van der Waals surface area contributed by atoms with Gasteiger partial charge in [0.2, 0.25) is 10.0 Å². The van der Waals surface area contributed by atoms with Crippen LogP contribution in [0.3, 0.4) is 0 Å². The molecular formula is C19H33N3O5S. The van der Waals surface area contributed by atoms with E-state index in [1.54, 1.807) is 12.1 Å². The van der Waals surface area contributed by atoms with Crippen molar-refractivity contribution in [2.24, 2.45) is 0 Å². The van der Waals surface area contributed by atoms with Crippen molar-refractivity contribution in [3.63, 3.8) is 0 Å². The lowest BCUT2D eigenvalue weighted by atomic mass is 10.2. The quantitative estimate of drug-likeness (QED) is 0.715. The molecule has 2 N–H and O–H groups in total. The van der Waals surface area contributed by atoms with Crippen LogP contribution in [0.25, 0.3) is 0 Å². The van der Waals surface area contributed by atoms with Crippen LogP contribution in [0.1, 0.15) is 5.56 Å². The average Bonchev–Trinajstić information content (AvgIpc) is 2.68. The Labute approximate surface area is 168 Å². The summed E-state index contributed by atoms with van der Waals surface area (Å²) in [6.45, 7) is 8.49. The van der Waals surface area contributed by atoms with E-state index in [2.05, 4.69) is 10.6 Å². The molecule has 1 fully saturated rings. The van der Waals surface area contributed by atoms with E-state index < -0.39 is 10.0 Å². The zero-order valence-corrected chi connectivity index (χ0v) is 17.5. The molecule has 9 heteroatoms. The molecule has 1 aliphatic rings. The number of nitrogens with zero attached hydrogens (tertiary/aromatic N) is 1. The van der Waals surface area contributed by atoms with E-state index in [0.717, 1.165) is 18.7 Å². The van der Waals surface area contributed by atoms with Crippen LogP contribution in [0.4, 0.5) is 0 Å². The Morgan fingerprint density at radius 2 is 1.18 bits per heavy atom. The van der Waals surface area contributed by atoms with Crippen molar-refractivity contribution in [3.8, 4) is 0 Å². The standard InChI is InChI=1S/C19H33N3O5S/c1-18-2-4-19(5-3-18)28(23,24)22-10-16-26-14-8-20-6-12-25-13-7-21-9-15-27-17-11-22/h2-5,20-21H,6-17H2,1H3. The molecular weight excluding hydrogens is 382 g/mol. The van der Waals surface area contributed by atoms with Crippen LogP contribution >= 0.6 is 0 Å². The minimum atomic E-state index is -3.58. The maximum atomic E-state index is 13.0. The first-order chi connectivity index (χ1) is 13.6. The number of sulfonamides is 1. The van der Waals surface area contributed by atoms with Crippen LogP contribution in [-0.2, 0) is 24.2 Å². The topological polar surface area (TPSA) is 89.1 Å². The lowest BCUT2D eigenvalue weighted by molar-refractivity contribution is 0.0940. The summed E-state index contributed by atoms with van der Waals surface area (Å²) in [5.74, 6) is 0. The molecule has 0 aromatic heterocycles. The zero-order valence-electron chi connectivity index (χ0n) is 16.7. The molecule has 1 saturated heterocycles. The van der Waals surface area contributed by atoms with Gasteiger partial charge in [0, 0.05) is 39.3 Å². The molecule has 0 aliphatic carbocycles. The van der Waals surface area contributed by atoms with Crippen molar-refractivity contribution in [2.75, 3.05) is 78.9 Å². The van der Waals surface area contributed by atoms with Gasteiger partial charge in [-0.15, -0.1) is 0 Å². The fraction of sp³-hybridized carbons (Fsp3) is 0.684. The van der Waals surface area contributed by atoms with Crippen molar-refractivity contribution < 1.29 is 22.6 Å². The number of nitrogens with one attached hydrogen (secondary N) is 2. The fourth-order valence-electron chi connectivity index (χ4n) is 2.68. The minimum Gasteiger partial charge on any atom is -0.379 e. The van der Waals surface area contributed by atoms with Crippen molar-refractivity contribution in [1.29, 1.82) is 0 Å². The molecule has 160 valence electrons. The lowest BCUT2D eigenvalue weighted by Crippen LogP contribution is -2.37. The third-order valence-corrected chi connectivity index (χ3v) is 6.23. The van der Waals surface area contributed by atoms with Crippen LogP contribution in [-0.4, -0.2) is 91.6 Å². The summed E-state index contributed by atoms with van der Waals surface area (Å²) in [5.41, 5.74) is 1.02. The molecule has 0 bridgehead atoms. The maximum absolute atomic E-state index is 13.0. The summed E-state index contributed by atoms with van der Waals surface area (Å²) in [7, 11) is -3.58. The zero-order chi connectivity index (χ0) is 20.1. The summed E-state index contributed by atoms with van der Waals surface area (Å²) in [4.78, 5) is 0.295. The molecule has 1 aliphatic heterocycles. The van der Waals surface area contributed by atoms with Crippen LogP contribution in [0.15, 0.2) is 29.2 Å². The molecule has 2 rings (SSSR count). The number of hydrogen-bond acceptors (Lipinski definition) is 7. The van der Waals surface area contributed by atoms with E-state index in [0.29, 0.717) is 70.7 Å². The summed E-state index contributed by atoms with van der Waals surface area (Å²) >= 11 is 0. The molecule has 8 nitrogen and oxygen atoms in total. The summed E-state index contributed by atoms with van der Waals surface area (Å²) in [6.07, 6.45) is 0. The molecule has 0 atom stereocenters. The number of rotatable bonds is 2. The highest BCUT2D eigenvalue weighted by molar-refractivity contribution is 7.89. The third kappa shape index (κ3) is 8.52. The highest BCUT2D eigenvalue weighted by Crippen LogP contribution is 2.16. The SMILES string of the molecule is Cc1ccc(S(=O)(=O)N2CCOCCNCCOCCNCCOCC2)cc1. The van der Waals surface area contributed by atoms with E-state index in [9.17, 15) is 8.42 Å². The molecule has 1 aromatic carbocycles. The molecule has 0 amide bonds. The van der Waals surface area contributed by atoms with Crippen LogP contribution < -0.4 is 10.6 Å². The van der Waals surface area contributed by atoms with Gasteiger partial charge in [-0.3, -0.25) is 0 Å². The molecule has 0 spiro atoms. The number of benzene rings is 1. The first-order valence-corrected chi connectivity index (χ1v) is 11.3. The van der Waals surface area contributed by atoms with Gasteiger partial charge in [0.15, 0.2) is 0 Å². The Bertz CT molecular complexity index is 621. The minimum absolute atomic E-state index is 0.293. The van der Waals surface area contributed by atoms with Crippen molar-refractivity contribution in [1.82, 2.24) is 14.9 Å². The Hall–Kier alpha value is -1.07. The maximum Gasteiger partial charge on any atom is 0.243 e. The predicted molar refractivity (Wildman–Crippen MR) is 108 cm³/mol. The van der Waals surface area contributed by atoms with Gasteiger partial charge in [0.05, 0.1) is 44.5 Å². The predicted octanol–water partition coefficient (Wildman–Crippen LogP) is 0.228. The summed E-state index contributed by atoms with van der Waals surface area (Å²) in [5, 5.41) is 6.48. The van der Waals surface area contributed by atoms with Crippen molar-refractivity contribution in [2.45, 2.75) is 11.8 Å². The van der Waals surface area contributed by atoms with Gasteiger partial charge in [-0.25, -0.2) is 8.42 Å². The van der Waals surface area contributed by atoms with Gasteiger partial charge in [-0.05, 0) is 19.1 Å². The average molecular weight is 416 g/mol. The Morgan fingerprint density at radius 3 is 1.64 bits per heavy atom. The van der Waals surface area contributed by atoms with Crippen LogP contribution in [0.5, 0.6) is 0 Å². The summed E-state index contributed by atoms with van der Waals surface area (Å²) in [6, 6.07) is 6.91. The smallest absolute Gasteiger partial charge is 0.243 e. The number of hydrogen-bond donors (Lipinski definition) is 2. The second kappa shape index (κ2) is 13.2. The Morgan fingerprint density at radius 1 is 0.750 bits per heavy atom. The molecule has 1 heterocycles. The first-order valence-electron chi connectivity index (χ1n) is 9.82. The highest BCUT2D eigenvalue weighted by Gasteiger charge is 2.24. The summed E-state index contributed by atoms with van der Waals surface area (Å²) < 4.78 is 44.1. The van der Waals surface area contributed by atoms with Crippen LogP contribution in [0.2, 0.25) is 0 Å². The van der Waals surface area contributed by atoms with E-state index in [1.165, 1.54) is 4.31 Å². The monoisotopic (exact) mass is 415 g/mol. The van der Waals surface area contributed by atoms with E-state index in [4.69, 9.17) is 14.2 Å². The molecule has 28 heavy (non-hydrogen) atoms. The van der Waals surface area contributed by atoms with Gasteiger partial charge in [-0.1, -0.05) is 17.7 Å². The van der Waals surface area contributed by atoms with Gasteiger partial charge in [-0.2, -0.15) is 4.31 Å². The van der Waals surface area contributed by atoms with E-state index in [-0.39, 0.29) is 0 Å². The first kappa shape index (κ1) is 23.2. The van der Waals surface area contributed by atoms with Crippen molar-refractivity contribution in [3.05, 3.63) is 29.8 Å². The third-order valence-electron chi connectivity index (χ3n) is 4.32. The Balaban J connectivity index is 1.94. The van der Waals surface area contributed by atoms with Crippen molar-refractivity contribution >= 4 is 10.0 Å². The van der Waals surface area contributed by atoms with E-state index >= 15 is 0 Å². The second-order valence-electron chi connectivity index (χ2n) is 6.55. The lowest BCUT2D eigenvalue weighted by Gasteiger charge is -2.22. The molecule has 0 radical (unpaired) electrons. The van der Waals surface area contributed by atoms with E-state index in [1.807, 2.05) is 19.1 Å². The highest BCUT2D eigenvalue weighted by atomic mass is 32.2. The van der Waals surface area contributed by atoms with Gasteiger partial charge < -0.3 is 24.8 Å². The van der Waals surface area contributed by atoms with Gasteiger partial charge >= 0.3 is 0 Å². The largest absolute Gasteiger partial charge is 0.379 e. The van der Waals surface area contributed by atoms with Gasteiger partial charge in [0.1, 0.15) is 0 Å². The number of ether oxygens (including phenoxy) is 3. The Kier molecular flexibility index (Phi) is 10.9. The van der Waals surface area contributed by atoms with Crippen LogP contribution in [0, 0.1) is 6.92 Å². The fourth-order valence-corrected chi connectivity index (χ4v) is 4.09. The second-order valence-corrected chi connectivity index (χ2v) is 8.49. The molecule has 0 unspecified atom stereocenters. The normalized spacial score (nSPS) is 20.9. The molecule has 0 saturated carbocycles.